The molecule has 0 bridgehead atoms. The van der Waals surface area contributed by atoms with E-state index in [1.807, 2.05) is 0 Å². The van der Waals surface area contributed by atoms with Crippen LogP contribution >= 0.6 is 0 Å². The van der Waals surface area contributed by atoms with Crippen molar-refractivity contribution in [1.82, 2.24) is 0 Å². The van der Waals surface area contributed by atoms with E-state index in [-0.39, 0.29) is 32.5 Å². The second-order valence-corrected chi connectivity index (χ2v) is 3.51. The Labute approximate surface area is 107 Å². The van der Waals surface area contributed by atoms with E-state index >= 15 is 0 Å². The molecule has 0 radical (unpaired) electrons. The average molecular weight is 260 g/mol. The Morgan fingerprint density at radius 2 is 1.50 bits per heavy atom. The molecule has 0 saturated carbocycles. The molecule has 18 heavy (non-hydrogen) atoms. The maximum Gasteiger partial charge on any atom is 0.309 e. The lowest BCUT2D eigenvalue weighted by molar-refractivity contribution is -0.163. The number of carbonyl (C=O) groups is 3. The summed E-state index contributed by atoms with van der Waals surface area (Å²) in [7, 11) is 0. The molecule has 0 aliphatic rings. The number of hydrogen-bond donors (Lipinski definition) is 0. The summed E-state index contributed by atoms with van der Waals surface area (Å²) in [6, 6.07) is 0. The quantitative estimate of drug-likeness (QED) is 0.482. The molecule has 1 atom stereocenters. The van der Waals surface area contributed by atoms with E-state index in [2.05, 4.69) is 0 Å². The van der Waals surface area contributed by atoms with Crippen LogP contribution in [-0.4, -0.2) is 37.2 Å². The molecule has 0 spiro atoms. The highest BCUT2D eigenvalue weighted by Crippen LogP contribution is 2.04. The summed E-state index contributed by atoms with van der Waals surface area (Å²) in [5, 5.41) is 0. The highest BCUT2D eigenvalue weighted by Gasteiger charge is 2.20. The van der Waals surface area contributed by atoms with Crippen molar-refractivity contribution in [3.8, 4) is 0 Å². The van der Waals surface area contributed by atoms with Crippen LogP contribution in [0.15, 0.2) is 0 Å². The van der Waals surface area contributed by atoms with Crippen molar-refractivity contribution in [1.29, 1.82) is 0 Å². The van der Waals surface area contributed by atoms with Gasteiger partial charge in [0.2, 0.25) is 0 Å². The van der Waals surface area contributed by atoms with Gasteiger partial charge >= 0.3 is 17.9 Å². The molecular weight excluding hydrogens is 240 g/mol. The zero-order valence-corrected chi connectivity index (χ0v) is 11.1. The van der Waals surface area contributed by atoms with E-state index in [0.29, 0.717) is 0 Å². The topological polar surface area (TPSA) is 78.9 Å². The van der Waals surface area contributed by atoms with Crippen molar-refractivity contribution in [3.05, 3.63) is 0 Å². The van der Waals surface area contributed by atoms with Gasteiger partial charge in [-0.1, -0.05) is 13.8 Å². The Hall–Kier alpha value is -1.59. The van der Waals surface area contributed by atoms with E-state index < -0.39 is 24.0 Å². The summed E-state index contributed by atoms with van der Waals surface area (Å²) in [5.74, 6) is -1.34. The Morgan fingerprint density at radius 1 is 0.889 bits per heavy atom. The van der Waals surface area contributed by atoms with E-state index in [1.165, 1.54) is 0 Å². The van der Waals surface area contributed by atoms with Gasteiger partial charge in [-0.15, -0.1) is 0 Å². The van der Waals surface area contributed by atoms with Gasteiger partial charge in [-0.2, -0.15) is 0 Å². The number of esters is 3. The fraction of sp³-hybridized carbons (Fsp3) is 0.750. The minimum Gasteiger partial charge on any atom is -0.466 e. The highest BCUT2D eigenvalue weighted by molar-refractivity contribution is 5.73. The van der Waals surface area contributed by atoms with Crippen molar-refractivity contribution in [2.24, 2.45) is 0 Å². The third kappa shape index (κ3) is 7.65. The van der Waals surface area contributed by atoms with Crippen molar-refractivity contribution in [2.45, 2.75) is 46.1 Å². The monoisotopic (exact) mass is 260 g/mol. The van der Waals surface area contributed by atoms with Crippen LogP contribution in [0.25, 0.3) is 0 Å². The van der Waals surface area contributed by atoms with Crippen LogP contribution in [-0.2, 0) is 28.6 Å². The minimum absolute atomic E-state index is 0.115. The molecule has 0 aliphatic heterocycles. The first-order valence-corrected chi connectivity index (χ1v) is 6.04. The van der Waals surface area contributed by atoms with E-state index in [1.54, 1.807) is 20.8 Å². The maximum absolute atomic E-state index is 11.3. The normalized spacial score (nSPS) is 11.5. The molecule has 0 aromatic carbocycles. The predicted molar refractivity (Wildman–Crippen MR) is 62.7 cm³/mol. The fourth-order valence-electron chi connectivity index (χ4n) is 1.10. The van der Waals surface area contributed by atoms with E-state index in [4.69, 9.17) is 14.2 Å². The Kier molecular flexibility index (Phi) is 8.61. The average Bonchev–Trinajstić information content (AvgIpc) is 2.35. The largest absolute Gasteiger partial charge is 0.466 e. The number of ether oxygens (including phenoxy) is 3. The van der Waals surface area contributed by atoms with Crippen LogP contribution in [0.2, 0.25) is 0 Å². The summed E-state index contributed by atoms with van der Waals surface area (Å²) < 4.78 is 14.6. The first kappa shape index (κ1) is 16.4. The summed E-state index contributed by atoms with van der Waals surface area (Å²) in [4.78, 5) is 33.4. The number of hydrogen-bond acceptors (Lipinski definition) is 6. The summed E-state index contributed by atoms with van der Waals surface area (Å²) in [6.45, 7) is 5.10. The summed E-state index contributed by atoms with van der Waals surface area (Å²) in [6.07, 6.45) is -0.474. The smallest absolute Gasteiger partial charge is 0.309 e. The molecule has 0 fully saturated rings. The zero-order chi connectivity index (χ0) is 14.0. The first-order chi connectivity index (χ1) is 8.53. The molecule has 0 aliphatic carbocycles. The van der Waals surface area contributed by atoms with E-state index in [0.717, 1.165) is 0 Å². The molecule has 0 aromatic rings. The second kappa shape index (κ2) is 9.44. The lowest BCUT2D eigenvalue weighted by Crippen LogP contribution is -2.28. The van der Waals surface area contributed by atoms with Crippen molar-refractivity contribution >= 4 is 17.9 Å². The fourth-order valence-corrected chi connectivity index (χ4v) is 1.10. The number of carbonyl (C=O) groups excluding carboxylic acids is 3. The van der Waals surface area contributed by atoms with Crippen LogP contribution < -0.4 is 0 Å². The number of rotatable bonds is 8. The van der Waals surface area contributed by atoms with Crippen molar-refractivity contribution in [3.63, 3.8) is 0 Å². The SMILES string of the molecule is CCOC(=O)CC(COC(=O)CC)OC(=O)CC. The molecule has 6 heteroatoms. The second-order valence-electron chi connectivity index (χ2n) is 3.51. The van der Waals surface area contributed by atoms with Gasteiger partial charge in [0.05, 0.1) is 13.0 Å². The molecular formula is C12H20O6. The van der Waals surface area contributed by atoms with Gasteiger partial charge in [-0.25, -0.2) is 0 Å². The predicted octanol–water partition coefficient (Wildman–Crippen LogP) is 1.21. The van der Waals surface area contributed by atoms with Gasteiger partial charge < -0.3 is 14.2 Å². The van der Waals surface area contributed by atoms with Crippen molar-refractivity contribution < 1.29 is 28.6 Å². The Bertz CT molecular complexity index is 286. The minimum atomic E-state index is -0.785. The highest BCUT2D eigenvalue weighted by atomic mass is 16.6. The molecule has 6 nitrogen and oxygen atoms in total. The third-order valence-corrected chi connectivity index (χ3v) is 2.01. The molecule has 0 saturated heterocycles. The molecule has 0 rings (SSSR count). The molecule has 104 valence electrons. The van der Waals surface area contributed by atoms with E-state index in [9.17, 15) is 14.4 Å². The van der Waals surface area contributed by atoms with Gasteiger partial charge in [-0.3, -0.25) is 14.4 Å². The lowest BCUT2D eigenvalue weighted by Gasteiger charge is -2.16. The first-order valence-electron chi connectivity index (χ1n) is 6.04. The zero-order valence-electron chi connectivity index (χ0n) is 11.1. The van der Waals surface area contributed by atoms with Crippen molar-refractivity contribution in [2.75, 3.05) is 13.2 Å². The van der Waals surface area contributed by atoms with Crippen LogP contribution in [0.1, 0.15) is 40.0 Å². The molecule has 0 heterocycles. The Morgan fingerprint density at radius 3 is 2.00 bits per heavy atom. The standard InChI is InChI=1S/C12H20O6/c1-4-10(13)17-8-9(18-11(14)5-2)7-12(15)16-6-3/h9H,4-8H2,1-3H3. The molecule has 1 unspecified atom stereocenters. The van der Waals surface area contributed by atoms with Gasteiger partial charge in [0.1, 0.15) is 12.7 Å². The van der Waals surface area contributed by atoms with Crippen LogP contribution in [0.3, 0.4) is 0 Å². The van der Waals surface area contributed by atoms with Gasteiger partial charge in [-0.05, 0) is 6.92 Å². The van der Waals surface area contributed by atoms with Crippen LogP contribution in [0.4, 0.5) is 0 Å². The van der Waals surface area contributed by atoms with Gasteiger partial charge in [0.15, 0.2) is 0 Å². The van der Waals surface area contributed by atoms with Crippen LogP contribution in [0, 0.1) is 0 Å². The molecule has 0 N–H and O–H groups in total. The maximum atomic E-state index is 11.3. The van der Waals surface area contributed by atoms with Gasteiger partial charge in [0, 0.05) is 12.8 Å². The molecule has 0 amide bonds. The summed E-state index contributed by atoms with van der Waals surface area (Å²) >= 11 is 0. The van der Waals surface area contributed by atoms with Gasteiger partial charge in [0.25, 0.3) is 0 Å². The Balaban J connectivity index is 4.27. The van der Waals surface area contributed by atoms with Crippen LogP contribution in [0.5, 0.6) is 0 Å². The summed E-state index contributed by atoms with van der Waals surface area (Å²) in [5.41, 5.74) is 0. The lowest BCUT2D eigenvalue weighted by atomic mass is 10.2. The third-order valence-electron chi connectivity index (χ3n) is 2.01. The molecule has 0 aromatic heterocycles.